The summed E-state index contributed by atoms with van der Waals surface area (Å²) in [6.45, 7) is 5.81. The van der Waals surface area contributed by atoms with Crippen molar-refractivity contribution in [2.24, 2.45) is 0 Å². The maximum atomic E-state index is 13.0. The molecule has 0 bridgehead atoms. The van der Waals surface area contributed by atoms with Gasteiger partial charge in [-0.1, -0.05) is 35.0 Å². The van der Waals surface area contributed by atoms with E-state index in [9.17, 15) is 23.3 Å². The number of nitro benzene ring substituents is 1. The molecular formula is C22H22F3N5O3. The minimum atomic E-state index is -4.64. The van der Waals surface area contributed by atoms with E-state index in [4.69, 9.17) is 4.52 Å². The van der Waals surface area contributed by atoms with E-state index in [1.807, 2.05) is 38.1 Å². The van der Waals surface area contributed by atoms with Crippen LogP contribution in [0.5, 0.6) is 0 Å². The monoisotopic (exact) mass is 461 g/mol. The van der Waals surface area contributed by atoms with Gasteiger partial charge in [-0.05, 0) is 26.0 Å². The Morgan fingerprint density at radius 1 is 1.09 bits per heavy atom. The number of nitrogens with zero attached hydrogens (tertiary/aromatic N) is 5. The number of rotatable bonds is 5. The van der Waals surface area contributed by atoms with Crippen molar-refractivity contribution in [1.82, 2.24) is 15.0 Å². The Labute approximate surface area is 187 Å². The molecule has 1 fully saturated rings. The summed E-state index contributed by atoms with van der Waals surface area (Å²) >= 11 is 0. The highest BCUT2D eigenvalue weighted by Gasteiger charge is 2.34. The fourth-order valence-electron chi connectivity index (χ4n) is 3.84. The second-order valence-electron chi connectivity index (χ2n) is 7.98. The van der Waals surface area contributed by atoms with Gasteiger partial charge in [-0.15, -0.1) is 0 Å². The smallest absolute Gasteiger partial charge is 0.363 e. The van der Waals surface area contributed by atoms with Crippen molar-refractivity contribution in [3.05, 3.63) is 69.6 Å². The zero-order chi connectivity index (χ0) is 23.8. The average Bonchev–Trinajstić information content (AvgIpc) is 3.28. The van der Waals surface area contributed by atoms with Crippen LogP contribution in [0.1, 0.15) is 30.0 Å². The van der Waals surface area contributed by atoms with E-state index in [1.165, 1.54) is 6.07 Å². The van der Waals surface area contributed by atoms with E-state index in [-0.39, 0.29) is 11.7 Å². The van der Waals surface area contributed by atoms with Gasteiger partial charge in [0.15, 0.2) is 0 Å². The number of aryl methyl sites for hydroxylation is 1. The Balaban J connectivity index is 1.45. The van der Waals surface area contributed by atoms with E-state index in [2.05, 4.69) is 15.0 Å². The van der Waals surface area contributed by atoms with Gasteiger partial charge in [0.05, 0.1) is 16.5 Å². The molecule has 8 nitrogen and oxygen atoms in total. The lowest BCUT2D eigenvalue weighted by molar-refractivity contribution is -0.384. The minimum absolute atomic E-state index is 0.179. The first-order valence-electron chi connectivity index (χ1n) is 10.4. The Kier molecular flexibility index (Phi) is 6.07. The number of hydrogen-bond acceptors (Lipinski definition) is 7. The molecule has 0 amide bonds. The van der Waals surface area contributed by atoms with Gasteiger partial charge in [-0.25, -0.2) is 0 Å². The molecule has 3 aromatic rings. The van der Waals surface area contributed by atoms with Crippen LogP contribution in [0.15, 0.2) is 47.0 Å². The van der Waals surface area contributed by atoms with E-state index in [1.54, 1.807) is 4.90 Å². The third-order valence-corrected chi connectivity index (χ3v) is 5.81. The molecule has 2 heterocycles. The first kappa shape index (κ1) is 22.7. The van der Waals surface area contributed by atoms with Gasteiger partial charge in [-0.3, -0.25) is 15.0 Å². The number of aromatic nitrogens is 2. The highest BCUT2D eigenvalue weighted by molar-refractivity contribution is 5.65. The van der Waals surface area contributed by atoms with E-state index < -0.39 is 22.4 Å². The molecule has 0 saturated carbocycles. The number of halogens is 3. The molecule has 1 atom stereocenters. The van der Waals surface area contributed by atoms with Crippen LogP contribution in [-0.4, -0.2) is 46.1 Å². The maximum absolute atomic E-state index is 13.0. The first-order valence-corrected chi connectivity index (χ1v) is 10.4. The zero-order valence-electron chi connectivity index (χ0n) is 18.0. The van der Waals surface area contributed by atoms with Crippen LogP contribution in [-0.2, 0) is 6.18 Å². The summed E-state index contributed by atoms with van der Waals surface area (Å²) in [6.07, 6.45) is -4.64. The predicted molar refractivity (Wildman–Crippen MR) is 115 cm³/mol. The van der Waals surface area contributed by atoms with Gasteiger partial charge in [0, 0.05) is 37.8 Å². The van der Waals surface area contributed by atoms with Gasteiger partial charge in [-0.2, -0.15) is 18.2 Å². The molecule has 174 valence electrons. The second kappa shape index (κ2) is 8.81. The quantitative estimate of drug-likeness (QED) is 0.396. The van der Waals surface area contributed by atoms with Crippen LogP contribution < -0.4 is 4.90 Å². The van der Waals surface area contributed by atoms with Gasteiger partial charge in [0.25, 0.3) is 5.69 Å². The highest BCUT2D eigenvalue weighted by Crippen LogP contribution is 2.37. The molecule has 11 heteroatoms. The fraction of sp³-hybridized carbons (Fsp3) is 0.364. The number of anilines is 1. The van der Waals surface area contributed by atoms with Crippen molar-refractivity contribution >= 4 is 11.4 Å². The number of hydrogen-bond donors (Lipinski definition) is 0. The Morgan fingerprint density at radius 2 is 1.76 bits per heavy atom. The molecule has 1 aliphatic rings. The van der Waals surface area contributed by atoms with E-state index in [0.29, 0.717) is 44.0 Å². The molecule has 1 aromatic heterocycles. The predicted octanol–water partition coefficient (Wildman–Crippen LogP) is 4.86. The Hall–Kier alpha value is -3.47. The van der Waals surface area contributed by atoms with Crippen molar-refractivity contribution < 1.29 is 22.6 Å². The molecule has 1 unspecified atom stereocenters. The largest absolute Gasteiger partial charge is 0.416 e. The molecule has 4 rings (SSSR count). The van der Waals surface area contributed by atoms with Crippen molar-refractivity contribution in [2.45, 2.75) is 26.1 Å². The first-order chi connectivity index (χ1) is 15.6. The molecule has 2 aromatic carbocycles. The van der Waals surface area contributed by atoms with Gasteiger partial charge in [0.1, 0.15) is 5.69 Å². The van der Waals surface area contributed by atoms with Crippen molar-refractivity contribution in [2.75, 3.05) is 31.1 Å². The van der Waals surface area contributed by atoms with Gasteiger partial charge < -0.3 is 9.42 Å². The molecule has 1 aliphatic heterocycles. The van der Waals surface area contributed by atoms with Crippen LogP contribution in [0.4, 0.5) is 24.5 Å². The number of piperazine rings is 1. The summed E-state index contributed by atoms with van der Waals surface area (Å²) in [4.78, 5) is 19.0. The van der Waals surface area contributed by atoms with Gasteiger partial charge in [0.2, 0.25) is 11.7 Å². The van der Waals surface area contributed by atoms with Crippen LogP contribution >= 0.6 is 0 Å². The van der Waals surface area contributed by atoms with Crippen LogP contribution in [0.25, 0.3) is 11.4 Å². The summed E-state index contributed by atoms with van der Waals surface area (Å²) in [6, 6.07) is 10.2. The lowest BCUT2D eigenvalue weighted by Crippen LogP contribution is -2.47. The van der Waals surface area contributed by atoms with Crippen LogP contribution in [0.2, 0.25) is 0 Å². The maximum Gasteiger partial charge on any atom is 0.416 e. The van der Waals surface area contributed by atoms with Crippen molar-refractivity contribution in [3.8, 4) is 11.4 Å². The molecule has 0 spiro atoms. The number of alkyl halides is 3. The van der Waals surface area contributed by atoms with Crippen molar-refractivity contribution in [3.63, 3.8) is 0 Å². The van der Waals surface area contributed by atoms with Crippen molar-refractivity contribution in [1.29, 1.82) is 0 Å². The summed E-state index contributed by atoms with van der Waals surface area (Å²) < 4.78 is 44.4. The molecule has 1 saturated heterocycles. The average molecular weight is 461 g/mol. The third-order valence-electron chi connectivity index (χ3n) is 5.81. The Morgan fingerprint density at radius 3 is 2.36 bits per heavy atom. The van der Waals surface area contributed by atoms with Crippen LogP contribution in [0, 0.1) is 17.0 Å². The van der Waals surface area contributed by atoms with E-state index in [0.717, 1.165) is 17.2 Å². The molecule has 0 aliphatic carbocycles. The summed E-state index contributed by atoms with van der Waals surface area (Å²) in [5.41, 5.74) is 0.570. The highest BCUT2D eigenvalue weighted by atomic mass is 19.4. The Bertz CT molecular complexity index is 1140. The fourth-order valence-corrected chi connectivity index (χ4v) is 3.84. The number of nitro groups is 1. The standard InChI is InChI=1S/C22H22F3N5O3/c1-14-3-5-16(6-4-14)20-26-21(33-27-20)15(2)28-9-11-29(12-10-28)18-8-7-17(22(23,24)25)13-19(18)30(31)32/h3-8,13,15H,9-12H2,1-2H3. The molecule has 33 heavy (non-hydrogen) atoms. The summed E-state index contributed by atoms with van der Waals surface area (Å²) in [5, 5.41) is 15.5. The summed E-state index contributed by atoms with van der Waals surface area (Å²) in [5.74, 6) is 0.954. The second-order valence-corrected chi connectivity index (χ2v) is 7.98. The lowest BCUT2D eigenvalue weighted by Gasteiger charge is -2.37. The molecule has 0 radical (unpaired) electrons. The third kappa shape index (κ3) is 4.82. The van der Waals surface area contributed by atoms with E-state index >= 15 is 0 Å². The normalized spacial score (nSPS) is 16.1. The summed E-state index contributed by atoms with van der Waals surface area (Å²) in [7, 11) is 0. The number of benzene rings is 2. The topological polar surface area (TPSA) is 88.5 Å². The zero-order valence-corrected chi connectivity index (χ0v) is 18.0. The van der Waals surface area contributed by atoms with Crippen LogP contribution in [0.3, 0.4) is 0 Å². The van der Waals surface area contributed by atoms with Gasteiger partial charge >= 0.3 is 6.18 Å². The minimum Gasteiger partial charge on any atom is -0.363 e. The molecular weight excluding hydrogens is 439 g/mol. The SMILES string of the molecule is Cc1ccc(-c2noc(C(C)N3CCN(c4ccc(C(F)(F)F)cc4[N+](=O)[O-])CC3)n2)cc1. The molecule has 0 N–H and O–H groups in total. The lowest BCUT2D eigenvalue weighted by atomic mass is 10.1.